The van der Waals surface area contributed by atoms with Crippen LogP contribution in [0.15, 0.2) is 101 Å². The second kappa shape index (κ2) is 10.7. The minimum Gasteiger partial charge on any atom is -0.322 e. The van der Waals surface area contributed by atoms with E-state index in [1.807, 2.05) is 32.9 Å². The van der Waals surface area contributed by atoms with E-state index in [1.54, 1.807) is 30.3 Å². The molecule has 0 heterocycles. The Labute approximate surface area is 222 Å². The number of carbonyl (C=O) groups is 1. The average Bonchev–Trinajstić information content (AvgIpc) is 2.87. The van der Waals surface area contributed by atoms with Crippen molar-refractivity contribution in [1.82, 2.24) is 0 Å². The predicted octanol–water partition coefficient (Wildman–Crippen LogP) is 5.47. The first-order valence-electron chi connectivity index (χ1n) is 11.6. The van der Waals surface area contributed by atoms with Crippen molar-refractivity contribution >= 4 is 43.0 Å². The Kier molecular flexibility index (Phi) is 7.56. The highest BCUT2D eigenvalue weighted by atomic mass is 32.2. The summed E-state index contributed by atoms with van der Waals surface area (Å²) in [6.45, 7) is 5.54. The van der Waals surface area contributed by atoms with E-state index >= 15 is 0 Å². The Balaban J connectivity index is 1.50. The van der Waals surface area contributed by atoms with Crippen molar-refractivity contribution < 1.29 is 21.6 Å². The van der Waals surface area contributed by atoms with E-state index in [0.29, 0.717) is 11.4 Å². The zero-order valence-corrected chi connectivity index (χ0v) is 22.7. The monoisotopic (exact) mass is 549 g/mol. The molecular formula is C28H27N3O5S2. The van der Waals surface area contributed by atoms with Crippen LogP contribution in [0.25, 0.3) is 0 Å². The molecule has 3 N–H and O–H groups in total. The van der Waals surface area contributed by atoms with E-state index in [1.165, 1.54) is 48.5 Å². The number of aryl methyl sites for hydroxylation is 3. The summed E-state index contributed by atoms with van der Waals surface area (Å²) in [5.74, 6) is -0.559. The summed E-state index contributed by atoms with van der Waals surface area (Å²) in [5.41, 5.74) is 3.69. The maximum Gasteiger partial charge on any atom is 0.261 e. The molecule has 4 rings (SSSR count). The molecule has 0 aliphatic carbocycles. The largest absolute Gasteiger partial charge is 0.322 e. The molecule has 1 amide bonds. The third-order valence-corrected chi connectivity index (χ3v) is 8.57. The van der Waals surface area contributed by atoms with Crippen molar-refractivity contribution in [3.8, 4) is 0 Å². The third kappa shape index (κ3) is 6.21. The van der Waals surface area contributed by atoms with Crippen molar-refractivity contribution in [3.05, 3.63) is 113 Å². The Morgan fingerprint density at radius 3 is 1.76 bits per heavy atom. The quantitative estimate of drug-likeness (QED) is 0.269. The van der Waals surface area contributed by atoms with Gasteiger partial charge in [-0.1, -0.05) is 42.0 Å². The normalized spacial score (nSPS) is 11.6. The standard InChI is InChI=1S/C28H27N3O5S2/c1-19-9-14-23(15-10-19)37(33,34)30-26-7-5-4-6-25(26)28(32)29-22-12-16-24(17-13-22)38(35,36)31-27-18-20(2)8-11-21(27)3/h4-18,30-31H,1-3H3,(H,29,32). The lowest BCUT2D eigenvalue weighted by Gasteiger charge is -2.14. The van der Waals surface area contributed by atoms with E-state index in [4.69, 9.17) is 0 Å². The molecule has 0 aromatic heterocycles. The molecule has 4 aromatic rings. The minimum absolute atomic E-state index is 0.0302. The molecule has 4 aromatic carbocycles. The number of anilines is 3. The molecule has 0 saturated heterocycles. The summed E-state index contributed by atoms with van der Waals surface area (Å²) in [5, 5.41) is 2.69. The lowest BCUT2D eigenvalue weighted by molar-refractivity contribution is 0.102. The van der Waals surface area contributed by atoms with Crippen LogP contribution in [0.5, 0.6) is 0 Å². The maximum absolute atomic E-state index is 13.0. The van der Waals surface area contributed by atoms with Crippen LogP contribution in [-0.2, 0) is 20.0 Å². The van der Waals surface area contributed by atoms with Gasteiger partial charge in [0.15, 0.2) is 0 Å². The predicted molar refractivity (Wildman–Crippen MR) is 150 cm³/mol. The molecule has 0 radical (unpaired) electrons. The third-order valence-electron chi connectivity index (χ3n) is 5.81. The molecule has 0 unspecified atom stereocenters. The summed E-state index contributed by atoms with van der Waals surface area (Å²) in [6.07, 6.45) is 0. The van der Waals surface area contributed by atoms with Crippen molar-refractivity contribution in [2.75, 3.05) is 14.8 Å². The first-order valence-corrected chi connectivity index (χ1v) is 14.6. The van der Waals surface area contributed by atoms with E-state index in [-0.39, 0.29) is 21.0 Å². The van der Waals surface area contributed by atoms with E-state index in [2.05, 4.69) is 14.8 Å². The number of sulfonamides is 2. The molecule has 0 spiro atoms. The maximum atomic E-state index is 13.0. The highest BCUT2D eigenvalue weighted by Gasteiger charge is 2.20. The van der Waals surface area contributed by atoms with Crippen LogP contribution in [0.2, 0.25) is 0 Å². The SMILES string of the molecule is Cc1ccc(S(=O)(=O)Nc2ccccc2C(=O)Nc2ccc(S(=O)(=O)Nc3cc(C)ccc3C)cc2)cc1. The van der Waals surface area contributed by atoms with Gasteiger partial charge in [-0.25, -0.2) is 16.8 Å². The van der Waals surface area contributed by atoms with E-state index in [9.17, 15) is 21.6 Å². The Morgan fingerprint density at radius 1 is 0.605 bits per heavy atom. The fourth-order valence-corrected chi connectivity index (χ4v) is 5.86. The number of benzene rings is 4. The fourth-order valence-electron chi connectivity index (χ4n) is 3.66. The highest BCUT2D eigenvalue weighted by molar-refractivity contribution is 7.93. The van der Waals surface area contributed by atoms with Gasteiger partial charge in [0, 0.05) is 5.69 Å². The van der Waals surface area contributed by atoms with Gasteiger partial charge in [-0.15, -0.1) is 0 Å². The smallest absolute Gasteiger partial charge is 0.261 e. The van der Waals surface area contributed by atoms with Crippen LogP contribution < -0.4 is 14.8 Å². The molecule has 0 bridgehead atoms. The van der Waals surface area contributed by atoms with Gasteiger partial charge >= 0.3 is 0 Å². The molecular weight excluding hydrogens is 522 g/mol. The summed E-state index contributed by atoms with van der Waals surface area (Å²) in [6, 6.07) is 23.8. The molecule has 38 heavy (non-hydrogen) atoms. The minimum atomic E-state index is -3.92. The lowest BCUT2D eigenvalue weighted by atomic mass is 10.1. The zero-order valence-electron chi connectivity index (χ0n) is 21.0. The van der Waals surface area contributed by atoms with Gasteiger partial charge in [-0.2, -0.15) is 0 Å². The van der Waals surface area contributed by atoms with Crippen molar-refractivity contribution in [2.24, 2.45) is 0 Å². The van der Waals surface area contributed by atoms with E-state index < -0.39 is 26.0 Å². The molecule has 0 saturated carbocycles. The van der Waals surface area contributed by atoms with Gasteiger partial charge in [0.05, 0.1) is 26.7 Å². The number of rotatable bonds is 8. The van der Waals surface area contributed by atoms with Gasteiger partial charge in [0.1, 0.15) is 0 Å². The average molecular weight is 550 g/mol. The van der Waals surface area contributed by atoms with Gasteiger partial charge in [-0.05, 0) is 86.5 Å². The van der Waals surface area contributed by atoms with E-state index in [0.717, 1.165) is 16.7 Å². The van der Waals surface area contributed by atoms with Gasteiger partial charge in [-0.3, -0.25) is 14.2 Å². The van der Waals surface area contributed by atoms with Crippen LogP contribution in [0.4, 0.5) is 17.1 Å². The number of carbonyl (C=O) groups excluding carboxylic acids is 1. The van der Waals surface area contributed by atoms with Crippen molar-refractivity contribution in [1.29, 1.82) is 0 Å². The molecule has 8 nitrogen and oxygen atoms in total. The second-order valence-corrected chi connectivity index (χ2v) is 12.2. The molecule has 0 aliphatic heterocycles. The summed E-state index contributed by atoms with van der Waals surface area (Å²) in [7, 11) is -7.76. The fraction of sp³-hybridized carbons (Fsp3) is 0.107. The van der Waals surface area contributed by atoms with Crippen LogP contribution in [-0.4, -0.2) is 22.7 Å². The van der Waals surface area contributed by atoms with Crippen LogP contribution in [0.1, 0.15) is 27.0 Å². The van der Waals surface area contributed by atoms with Crippen LogP contribution in [0, 0.1) is 20.8 Å². The van der Waals surface area contributed by atoms with Gasteiger partial charge in [0.2, 0.25) is 0 Å². The lowest BCUT2D eigenvalue weighted by Crippen LogP contribution is -2.18. The number of hydrogen-bond donors (Lipinski definition) is 3. The van der Waals surface area contributed by atoms with Gasteiger partial charge in [0.25, 0.3) is 26.0 Å². The number of nitrogens with one attached hydrogen (secondary N) is 3. The molecule has 10 heteroatoms. The topological polar surface area (TPSA) is 121 Å². The number of para-hydroxylation sites is 1. The molecule has 0 atom stereocenters. The first kappa shape index (κ1) is 26.9. The summed E-state index contributed by atoms with van der Waals surface area (Å²) >= 11 is 0. The summed E-state index contributed by atoms with van der Waals surface area (Å²) < 4.78 is 56.5. The Hall–Kier alpha value is -4.15. The Morgan fingerprint density at radius 2 is 1.13 bits per heavy atom. The van der Waals surface area contributed by atoms with Crippen molar-refractivity contribution in [2.45, 2.75) is 30.6 Å². The van der Waals surface area contributed by atoms with Crippen molar-refractivity contribution in [3.63, 3.8) is 0 Å². The number of hydrogen-bond acceptors (Lipinski definition) is 5. The zero-order chi connectivity index (χ0) is 27.5. The van der Waals surface area contributed by atoms with Crippen LogP contribution in [0.3, 0.4) is 0 Å². The van der Waals surface area contributed by atoms with Gasteiger partial charge < -0.3 is 5.32 Å². The highest BCUT2D eigenvalue weighted by Crippen LogP contribution is 2.24. The molecule has 0 fully saturated rings. The summed E-state index contributed by atoms with van der Waals surface area (Å²) in [4.78, 5) is 13.1. The number of amides is 1. The Bertz CT molecular complexity index is 1700. The molecule has 196 valence electrons. The molecule has 0 aliphatic rings. The second-order valence-electron chi connectivity index (χ2n) is 8.87. The van der Waals surface area contributed by atoms with Crippen LogP contribution >= 0.6 is 0 Å². The first-order chi connectivity index (χ1) is 17.9.